The van der Waals surface area contributed by atoms with Gasteiger partial charge in [0.25, 0.3) is 0 Å². The lowest BCUT2D eigenvalue weighted by atomic mass is 10.2. The van der Waals surface area contributed by atoms with Crippen molar-refractivity contribution in [2.45, 2.75) is 12.4 Å². The molecule has 0 aliphatic rings. The summed E-state index contributed by atoms with van der Waals surface area (Å²) in [6, 6.07) is 5.04. The molecule has 0 radical (unpaired) electrons. The Labute approximate surface area is 123 Å². The topological polar surface area (TPSA) is 88.3 Å². The zero-order valence-corrected chi connectivity index (χ0v) is 12.0. The van der Waals surface area contributed by atoms with Crippen LogP contribution in [0.2, 0.25) is 0 Å². The van der Waals surface area contributed by atoms with E-state index in [-0.39, 0.29) is 18.0 Å². The van der Waals surface area contributed by atoms with Crippen molar-refractivity contribution in [2.24, 2.45) is 0 Å². The Kier molecular flexibility index (Phi) is 4.05. The Morgan fingerprint density at radius 1 is 1.32 bits per heavy atom. The summed E-state index contributed by atoms with van der Waals surface area (Å²) in [5.74, 6) is -0.615. The highest BCUT2D eigenvalue weighted by atomic mass is 32.2. The number of rotatable bonds is 4. The number of aromatic amines is 1. The SMILES string of the molecule is CCOC(=O)c1cc2cc(NS(=O)(=O)C(F)(F)F)ccc2[nH]1. The van der Waals surface area contributed by atoms with Gasteiger partial charge in [0.1, 0.15) is 5.69 Å². The normalized spacial score (nSPS) is 12.4. The van der Waals surface area contributed by atoms with Gasteiger partial charge in [0, 0.05) is 16.6 Å². The first kappa shape index (κ1) is 16.1. The molecule has 0 saturated heterocycles. The van der Waals surface area contributed by atoms with Crippen molar-refractivity contribution in [1.29, 1.82) is 0 Å². The van der Waals surface area contributed by atoms with Gasteiger partial charge >= 0.3 is 21.5 Å². The second kappa shape index (κ2) is 5.52. The quantitative estimate of drug-likeness (QED) is 0.840. The highest BCUT2D eigenvalue weighted by Gasteiger charge is 2.46. The van der Waals surface area contributed by atoms with Crippen molar-refractivity contribution < 1.29 is 31.1 Å². The number of hydrogen-bond acceptors (Lipinski definition) is 4. The number of nitrogens with one attached hydrogen (secondary N) is 2. The van der Waals surface area contributed by atoms with Crippen LogP contribution in [0.1, 0.15) is 17.4 Å². The summed E-state index contributed by atoms with van der Waals surface area (Å²) >= 11 is 0. The molecule has 0 atom stereocenters. The summed E-state index contributed by atoms with van der Waals surface area (Å²) in [6.45, 7) is 1.80. The molecule has 2 N–H and O–H groups in total. The molecule has 1 aromatic heterocycles. The number of benzene rings is 1. The summed E-state index contributed by atoms with van der Waals surface area (Å²) in [6.07, 6.45) is 0. The predicted octanol–water partition coefficient (Wildman–Crippen LogP) is 2.61. The first-order valence-corrected chi connectivity index (χ1v) is 7.51. The van der Waals surface area contributed by atoms with Crippen molar-refractivity contribution in [2.75, 3.05) is 11.3 Å². The van der Waals surface area contributed by atoms with E-state index < -0.39 is 21.5 Å². The number of ether oxygens (including phenoxy) is 1. The molecule has 6 nitrogen and oxygen atoms in total. The summed E-state index contributed by atoms with van der Waals surface area (Å²) in [5, 5.41) is 0.366. The highest BCUT2D eigenvalue weighted by Crippen LogP contribution is 2.27. The first-order valence-electron chi connectivity index (χ1n) is 6.03. The Morgan fingerprint density at radius 2 is 2.00 bits per heavy atom. The number of anilines is 1. The maximum absolute atomic E-state index is 12.3. The number of fused-ring (bicyclic) bond motifs is 1. The van der Waals surface area contributed by atoms with Crippen molar-refractivity contribution in [1.82, 2.24) is 4.98 Å². The van der Waals surface area contributed by atoms with Crippen LogP contribution in [0.25, 0.3) is 10.9 Å². The number of carbonyl (C=O) groups excluding carboxylic acids is 1. The second-order valence-corrected chi connectivity index (χ2v) is 5.93. The van der Waals surface area contributed by atoms with Gasteiger partial charge in [0.15, 0.2) is 0 Å². The average Bonchev–Trinajstić information content (AvgIpc) is 2.80. The molecule has 0 saturated carbocycles. The van der Waals surface area contributed by atoms with E-state index in [2.05, 4.69) is 4.98 Å². The lowest BCUT2D eigenvalue weighted by Crippen LogP contribution is -2.29. The van der Waals surface area contributed by atoms with E-state index in [0.717, 1.165) is 6.07 Å². The molecule has 120 valence electrons. The third kappa shape index (κ3) is 3.16. The van der Waals surface area contributed by atoms with Crippen LogP contribution < -0.4 is 4.72 Å². The Balaban J connectivity index is 2.33. The number of aromatic nitrogens is 1. The van der Waals surface area contributed by atoms with E-state index in [1.165, 1.54) is 22.9 Å². The van der Waals surface area contributed by atoms with E-state index in [1.54, 1.807) is 6.92 Å². The molecule has 2 rings (SSSR count). The molecule has 10 heteroatoms. The van der Waals surface area contributed by atoms with Gasteiger partial charge in [-0.05, 0) is 31.2 Å². The third-order valence-electron chi connectivity index (χ3n) is 2.67. The van der Waals surface area contributed by atoms with Gasteiger partial charge in [-0.1, -0.05) is 0 Å². The fourth-order valence-electron chi connectivity index (χ4n) is 1.73. The van der Waals surface area contributed by atoms with Crippen LogP contribution >= 0.6 is 0 Å². The Hall–Kier alpha value is -2.23. The van der Waals surface area contributed by atoms with Crippen LogP contribution in [0.15, 0.2) is 24.3 Å². The van der Waals surface area contributed by atoms with Crippen LogP contribution in [0, 0.1) is 0 Å². The largest absolute Gasteiger partial charge is 0.516 e. The molecule has 22 heavy (non-hydrogen) atoms. The van der Waals surface area contributed by atoms with Gasteiger partial charge in [-0.2, -0.15) is 21.6 Å². The second-order valence-electron chi connectivity index (χ2n) is 4.26. The minimum atomic E-state index is -5.49. The number of alkyl halides is 3. The molecule has 0 spiro atoms. The zero-order valence-electron chi connectivity index (χ0n) is 11.2. The minimum Gasteiger partial charge on any atom is -0.461 e. The number of carbonyl (C=O) groups is 1. The van der Waals surface area contributed by atoms with Crippen molar-refractivity contribution in [3.8, 4) is 0 Å². The van der Waals surface area contributed by atoms with Crippen LogP contribution in [0.3, 0.4) is 0 Å². The van der Waals surface area contributed by atoms with Crippen molar-refractivity contribution in [3.05, 3.63) is 30.0 Å². The van der Waals surface area contributed by atoms with Gasteiger partial charge in [-0.25, -0.2) is 4.79 Å². The van der Waals surface area contributed by atoms with E-state index >= 15 is 0 Å². The molecule has 0 aliphatic heterocycles. The summed E-state index contributed by atoms with van der Waals surface area (Å²) in [4.78, 5) is 14.3. The average molecular weight is 336 g/mol. The molecular weight excluding hydrogens is 325 g/mol. The van der Waals surface area contributed by atoms with E-state index in [9.17, 15) is 26.4 Å². The molecule has 1 aromatic carbocycles. The standard InChI is InChI=1S/C12H11F3N2O4S/c1-2-21-11(18)10-6-7-5-8(3-4-9(7)16-10)17-22(19,20)12(13,14)15/h3-6,16-17H,2H2,1H3. The molecule has 2 aromatic rings. The molecule has 0 fully saturated rings. The number of halogens is 3. The molecular formula is C12H11F3N2O4S. The fourth-order valence-corrected chi connectivity index (χ4v) is 2.28. The van der Waals surface area contributed by atoms with E-state index in [1.807, 2.05) is 0 Å². The lowest BCUT2D eigenvalue weighted by Gasteiger charge is -2.10. The van der Waals surface area contributed by atoms with Gasteiger partial charge in [0.2, 0.25) is 0 Å². The summed E-state index contributed by atoms with van der Waals surface area (Å²) < 4.78 is 65.2. The number of hydrogen-bond donors (Lipinski definition) is 2. The highest BCUT2D eigenvalue weighted by molar-refractivity contribution is 7.93. The minimum absolute atomic E-state index is 0.118. The monoisotopic (exact) mass is 336 g/mol. The predicted molar refractivity (Wildman–Crippen MR) is 72.9 cm³/mol. The number of sulfonamides is 1. The zero-order chi connectivity index (χ0) is 16.5. The summed E-state index contributed by atoms with van der Waals surface area (Å²) in [5.41, 5.74) is -5.10. The molecule has 1 heterocycles. The van der Waals surface area contributed by atoms with Crippen molar-refractivity contribution >= 4 is 32.6 Å². The van der Waals surface area contributed by atoms with Crippen LogP contribution in [-0.4, -0.2) is 31.5 Å². The molecule has 0 bridgehead atoms. The fraction of sp³-hybridized carbons (Fsp3) is 0.250. The first-order chi connectivity index (χ1) is 10.1. The van der Waals surface area contributed by atoms with Gasteiger partial charge in [-0.3, -0.25) is 4.72 Å². The number of esters is 1. The Morgan fingerprint density at radius 3 is 2.59 bits per heavy atom. The smallest absolute Gasteiger partial charge is 0.461 e. The maximum Gasteiger partial charge on any atom is 0.516 e. The van der Waals surface area contributed by atoms with Gasteiger partial charge in [-0.15, -0.1) is 0 Å². The van der Waals surface area contributed by atoms with Crippen LogP contribution in [0.4, 0.5) is 18.9 Å². The Bertz CT molecular complexity index is 811. The third-order valence-corrected chi connectivity index (χ3v) is 3.79. The maximum atomic E-state index is 12.3. The van der Waals surface area contributed by atoms with Crippen LogP contribution in [-0.2, 0) is 14.8 Å². The van der Waals surface area contributed by atoms with Crippen molar-refractivity contribution in [3.63, 3.8) is 0 Å². The van der Waals surface area contributed by atoms with Gasteiger partial charge in [0.05, 0.1) is 6.61 Å². The molecule has 0 aliphatic carbocycles. The van der Waals surface area contributed by atoms with E-state index in [4.69, 9.17) is 4.74 Å². The van der Waals surface area contributed by atoms with Crippen LogP contribution in [0.5, 0.6) is 0 Å². The van der Waals surface area contributed by atoms with E-state index in [0.29, 0.717) is 10.9 Å². The molecule has 0 amide bonds. The number of H-pyrrole nitrogens is 1. The summed E-state index contributed by atoms with van der Waals surface area (Å²) in [7, 11) is -5.49. The lowest BCUT2D eigenvalue weighted by molar-refractivity contribution is -0.0429. The molecule has 0 unspecified atom stereocenters. The van der Waals surface area contributed by atoms with Gasteiger partial charge < -0.3 is 9.72 Å².